The number of amides is 2. The van der Waals surface area contributed by atoms with E-state index >= 15 is 0 Å². The molecule has 12 heteroatoms. The summed E-state index contributed by atoms with van der Waals surface area (Å²) in [4.78, 5) is 38.7. The monoisotopic (exact) mass is 612 g/mol. The van der Waals surface area contributed by atoms with Gasteiger partial charge in [-0.3, -0.25) is 14.4 Å². The summed E-state index contributed by atoms with van der Waals surface area (Å²) in [5.41, 5.74) is 0.514. The zero-order valence-corrected chi connectivity index (χ0v) is 24.8. The van der Waals surface area contributed by atoms with Crippen molar-refractivity contribution in [3.63, 3.8) is 0 Å². The second-order valence-corrected chi connectivity index (χ2v) is 11.1. The smallest absolute Gasteiger partial charge is 0.406 e. The van der Waals surface area contributed by atoms with Gasteiger partial charge >= 0.3 is 6.18 Å². The lowest BCUT2D eigenvalue weighted by molar-refractivity contribution is -0.170. The van der Waals surface area contributed by atoms with E-state index < -0.39 is 48.7 Å². The van der Waals surface area contributed by atoms with E-state index in [1.165, 1.54) is 38.2 Å². The van der Waals surface area contributed by atoms with Crippen molar-refractivity contribution in [3.8, 4) is 11.5 Å². The number of hydrogen-bond donors (Lipinski definition) is 3. The molecule has 0 saturated heterocycles. The Kier molecular flexibility index (Phi) is 12.9. The van der Waals surface area contributed by atoms with Crippen molar-refractivity contribution in [2.24, 2.45) is 0 Å². The number of aldehydes is 1. The number of hydrogen-bond acceptors (Lipinski definition) is 7. The van der Waals surface area contributed by atoms with Gasteiger partial charge in [-0.1, -0.05) is 58.3 Å². The number of carbonyl (C=O) groups is 3. The van der Waals surface area contributed by atoms with Gasteiger partial charge in [0.2, 0.25) is 11.8 Å². The molecule has 0 saturated carbocycles. The van der Waals surface area contributed by atoms with E-state index in [-0.39, 0.29) is 42.2 Å². The predicted molar refractivity (Wildman–Crippen MR) is 153 cm³/mol. The second kappa shape index (κ2) is 16.1. The number of halogens is 3. The number of carbonyl (C=O) groups excluding carboxylic acids is 3. The Bertz CT molecular complexity index is 1140. The SMILES string of the molecule is CCCCCCCCCCCC(=O)N(CC(F)(F)F)[C@@H]1C=C(C(=O)NCCO)[C@@H]2c3cc(C=O)cc(OC)c3O[C@@H]2[C@H]1O. The maximum Gasteiger partial charge on any atom is 0.406 e. The van der Waals surface area contributed by atoms with Crippen molar-refractivity contribution in [2.75, 3.05) is 26.8 Å². The first-order chi connectivity index (χ1) is 20.6. The molecule has 0 aromatic heterocycles. The standard InChI is InChI=1S/C31H43F3N2O7/c1-3-4-5-6-7-8-9-10-11-12-25(39)36(19-31(32,33)34)23-17-22(30(41)35-13-14-37)26-21-15-20(18-38)16-24(42-2)28(21)43-29(26)27(23)40/h15-18,23,26-27,29,37,40H,3-14,19H2,1-2H3,(H,35,41)/t23-,26+,27+,29+/m1/s1. The average Bonchev–Trinajstić information content (AvgIpc) is 3.37. The van der Waals surface area contributed by atoms with Crippen LogP contribution >= 0.6 is 0 Å². The molecular formula is C31H43F3N2O7. The maximum absolute atomic E-state index is 13.8. The van der Waals surface area contributed by atoms with Gasteiger partial charge in [0, 0.05) is 29.7 Å². The number of fused-ring (bicyclic) bond motifs is 3. The van der Waals surface area contributed by atoms with Crippen LogP contribution in [-0.4, -0.2) is 84.4 Å². The Morgan fingerprint density at radius 2 is 1.74 bits per heavy atom. The Morgan fingerprint density at radius 3 is 2.33 bits per heavy atom. The van der Waals surface area contributed by atoms with Crippen LogP contribution in [0, 0.1) is 0 Å². The molecule has 240 valence electrons. The molecule has 0 fully saturated rings. The molecule has 9 nitrogen and oxygen atoms in total. The van der Waals surface area contributed by atoms with Crippen LogP contribution in [0.5, 0.6) is 11.5 Å². The number of unbranched alkanes of at least 4 members (excludes halogenated alkanes) is 8. The summed E-state index contributed by atoms with van der Waals surface area (Å²) >= 11 is 0. The highest BCUT2D eigenvalue weighted by molar-refractivity contribution is 5.96. The third kappa shape index (κ3) is 8.95. The van der Waals surface area contributed by atoms with Crippen LogP contribution < -0.4 is 14.8 Å². The normalized spacial score (nSPS) is 20.9. The van der Waals surface area contributed by atoms with E-state index in [0.717, 1.165) is 32.1 Å². The highest BCUT2D eigenvalue weighted by Crippen LogP contribution is 2.51. The summed E-state index contributed by atoms with van der Waals surface area (Å²) in [7, 11) is 1.34. The van der Waals surface area contributed by atoms with E-state index in [9.17, 15) is 37.8 Å². The molecule has 1 aromatic rings. The topological polar surface area (TPSA) is 125 Å². The van der Waals surface area contributed by atoms with Crippen molar-refractivity contribution in [3.05, 3.63) is 34.9 Å². The fraction of sp³-hybridized carbons (Fsp3) is 0.645. The van der Waals surface area contributed by atoms with Gasteiger partial charge in [-0.2, -0.15) is 13.2 Å². The van der Waals surface area contributed by atoms with Crippen LogP contribution in [0.3, 0.4) is 0 Å². The molecule has 3 N–H and O–H groups in total. The second-order valence-electron chi connectivity index (χ2n) is 11.1. The molecule has 0 spiro atoms. The first-order valence-corrected chi connectivity index (χ1v) is 15.0. The maximum atomic E-state index is 13.8. The lowest BCUT2D eigenvalue weighted by atomic mass is 9.77. The molecule has 0 bridgehead atoms. The van der Waals surface area contributed by atoms with Gasteiger partial charge < -0.3 is 29.9 Å². The number of nitrogens with zero attached hydrogens (tertiary/aromatic N) is 1. The lowest BCUT2D eigenvalue weighted by Gasteiger charge is -2.41. The van der Waals surface area contributed by atoms with Crippen LogP contribution in [0.1, 0.15) is 93.0 Å². The quantitative estimate of drug-likeness (QED) is 0.175. The van der Waals surface area contributed by atoms with Crippen LogP contribution in [0.25, 0.3) is 0 Å². The largest absolute Gasteiger partial charge is 0.493 e. The average molecular weight is 613 g/mol. The van der Waals surface area contributed by atoms with Crippen LogP contribution in [-0.2, 0) is 9.59 Å². The number of benzene rings is 1. The third-order valence-electron chi connectivity index (χ3n) is 7.93. The number of rotatable bonds is 17. The fourth-order valence-electron chi connectivity index (χ4n) is 5.84. The lowest BCUT2D eigenvalue weighted by Crippen LogP contribution is -2.57. The summed E-state index contributed by atoms with van der Waals surface area (Å²) in [6.45, 7) is 0.0203. The Labute approximate surface area is 250 Å². The molecular weight excluding hydrogens is 569 g/mol. The van der Waals surface area contributed by atoms with Gasteiger partial charge in [-0.15, -0.1) is 0 Å². The number of nitrogens with one attached hydrogen (secondary N) is 1. The molecule has 0 radical (unpaired) electrons. The van der Waals surface area contributed by atoms with Crippen molar-refractivity contribution in [1.29, 1.82) is 0 Å². The van der Waals surface area contributed by atoms with Gasteiger partial charge in [0.05, 0.1) is 25.7 Å². The molecule has 4 atom stereocenters. The fourth-order valence-corrected chi connectivity index (χ4v) is 5.84. The predicted octanol–water partition coefficient (Wildman–Crippen LogP) is 4.44. The Hall–Kier alpha value is -3.12. The molecule has 0 unspecified atom stereocenters. The van der Waals surface area contributed by atoms with Gasteiger partial charge in [-0.25, -0.2) is 0 Å². The van der Waals surface area contributed by atoms with Gasteiger partial charge in [0.1, 0.15) is 25.0 Å². The molecule has 3 rings (SSSR count). The highest BCUT2D eigenvalue weighted by Gasteiger charge is 2.52. The van der Waals surface area contributed by atoms with E-state index in [2.05, 4.69) is 12.2 Å². The Morgan fingerprint density at radius 1 is 1.09 bits per heavy atom. The zero-order valence-electron chi connectivity index (χ0n) is 24.8. The van der Waals surface area contributed by atoms with E-state index in [1.54, 1.807) is 0 Å². The van der Waals surface area contributed by atoms with Crippen LogP contribution in [0.2, 0.25) is 0 Å². The summed E-state index contributed by atoms with van der Waals surface area (Å²) < 4.78 is 52.6. The van der Waals surface area contributed by atoms with Gasteiger partial charge in [0.25, 0.3) is 0 Å². The van der Waals surface area contributed by atoms with E-state index in [0.29, 0.717) is 29.6 Å². The molecule has 2 aliphatic rings. The van der Waals surface area contributed by atoms with E-state index in [4.69, 9.17) is 9.47 Å². The summed E-state index contributed by atoms with van der Waals surface area (Å²) in [6, 6.07) is 1.36. The third-order valence-corrected chi connectivity index (χ3v) is 7.93. The molecule has 1 aliphatic heterocycles. The van der Waals surface area contributed by atoms with Crippen molar-refractivity contribution in [2.45, 2.75) is 101 Å². The summed E-state index contributed by atoms with van der Waals surface area (Å²) in [6.07, 6.45) is 2.70. The van der Waals surface area contributed by atoms with Crippen LogP contribution in [0.15, 0.2) is 23.8 Å². The number of aliphatic hydroxyl groups excluding tert-OH is 2. The van der Waals surface area contributed by atoms with Crippen molar-refractivity contribution >= 4 is 18.1 Å². The van der Waals surface area contributed by atoms with Crippen molar-refractivity contribution < 1.29 is 47.2 Å². The van der Waals surface area contributed by atoms with Crippen LogP contribution in [0.4, 0.5) is 13.2 Å². The van der Waals surface area contributed by atoms with E-state index in [1.807, 2.05) is 0 Å². The zero-order chi connectivity index (χ0) is 31.6. The first kappa shape index (κ1) is 34.4. The van der Waals surface area contributed by atoms with Crippen molar-refractivity contribution in [1.82, 2.24) is 10.2 Å². The number of aliphatic hydroxyl groups is 2. The van der Waals surface area contributed by atoms with Gasteiger partial charge in [-0.05, 0) is 24.6 Å². The minimum Gasteiger partial charge on any atom is -0.493 e. The summed E-state index contributed by atoms with van der Waals surface area (Å²) in [5.74, 6) is -2.15. The Balaban J connectivity index is 1.87. The number of alkyl halides is 3. The first-order valence-electron chi connectivity index (χ1n) is 15.0. The number of methoxy groups -OCH3 is 1. The van der Waals surface area contributed by atoms with Gasteiger partial charge in [0.15, 0.2) is 11.5 Å². The molecule has 43 heavy (non-hydrogen) atoms. The number of ether oxygens (including phenoxy) is 2. The minimum absolute atomic E-state index is 0.0411. The molecule has 1 aromatic carbocycles. The highest BCUT2D eigenvalue weighted by atomic mass is 19.4. The summed E-state index contributed by atoms with van der Waals surface area (Å²) in [5, 5.41) is 23.1. The molecule has 2 amide bonds. The molecule has 1 heterocycles. The minimum atomic E-state index is -4.76. The molecule has 1 aliphatic carbocycles.